The molecule has 0 aromatic rings. The van der Waals surface area contributed by atoms with Crippen LogP contribution in [0.25, 0.3) is 0 Å². The second-order valence-electron chi connectivity index (χ2n) is 5.64. The van der Waals surface area contributed by atoms with E-state index >= 15 is 0 Å². The Bertz CT molecular complexity index is 164. The fraction of sp³-hybridized carbons (Fsp3) is 1.00. The van der Waals surface area contributed by atoms with Gasteiger partial charge in [0, 0.05) is 11.6 Å². The number of hydrogen-bond donors (Lipinski definition) is 2. The van der Waals surface area contributed by atoms with E-state index in [0.29, 0.717) is 5.54 Å². The summed E-state index contributed by atoms with van der Waals surface area (Å²) in [6.45, 7) is 11.5. The molecule has 1 aliphatic rings. The summed E-state index contributed by atoms with van der Waals surface area (Å²) >= 11 is 0. The normalized spacial score (nSPS) is 26.8. The van der Waals surface area contributed by atoms with Crippen LogP contribution >= 0.6 is 0 Å². The van der Waals surface area contributed by atoms with E-state index in [4.69, 9.17) is 0 Å². The first-order valence-corrected chi connectivity index (χ1v) is 5.98. The Kier molecular flexibility index (Phi) is 4.39. The maximum atomic E-state index is 3.67. The molecule has 2 N–H and O–H groups in total. The highest BCUT2D eigenvalue weighted by atomic mass is 15.0. The van der Waals surface area contributed by atoms with Crippen molar-refractivity contribution in [2.45, 2.75) is 58.5 Å². The molecule has 0 saturated carbocycles. The van der Waals surface area contributed by atoms with E-state index in [2.05, 4.69) is 38.3 Å². The molecule has 1 unspecified atom stereocenters. The van der Waals surface area contributed by atoms with Crippen LogP contribution < -0.4 is 10.6 Å². The predicted octanol–water partition coefficient (Wildman–Crippen LogP) is 2.15. The van der Waals surface area contributed by atoms with Crippen molar-refractivity contribution in [1.82, 2.24) is 10.6 Å². The zero-order valence-corrected chi connectivity index (χ0v) is 10.2. The predicted molar refractivity (Wildman–Crippen MR) is 62.6 cm³/mol. The van der Waals surface area contributed by atoms with Crippen LogP contribution in [0.3, 0.4) is 0 Å². The minimum Gasteiger partial charge on any atom is -0.314 e. The van der Waals surface area contributed by atoms with Crippen LogP contribution in [0.15, 0.2) is 0 Å². The monoisotopic (exact) mass is 198 g/mol. The van der Waals surface area contributed by atoms with Gasteiger partial charge in [0.2, 0.25) is 0 Å². The lowest BCUT2D eigenvalue weighted by atomic mass is 9.89. The molecule has 1 heterocycles. The minimum absolute atomic E-state index is 0.327. The molecule has 1 fully saturated rings. The van der Waals surface area contributed by atoms with Gasteiger partial charge in [0.15, 0.2) is 0 Å². The molecule has 1 rings (SSSR count). The van der Waals surface area contributed by atoms with Crippen molar-refractivity contribution in [2.75, 3.05) is 13.1 Å². The fourth-order valence-electron chi connectivity index (χ4n) is 2.13. The number of rotatable bonds is 4. The van der Waals surface area contributed by atoms with E-state index in [-0.39, 0.29) is 0 Å². The molecule has 1 atom stereocenters. The van der Waals surface area contributed by atoms with Gasteiger partial charge in [-0.15, -0.1) is 0 Å². The summed E-state index contributed by atoms with van der Waals surface area (Å²) in [5, 5.41) is 7.22. The summed E-state index contributed by atoms with van der Waals surface area (Å²) < 4.78 is 0. The Morgan fingerprint density at radius 1 is 1.43 bits per heavy atom. The van der Waals surface area contributed by atoms with Crippen LogP contribution in [-0.2, 0) is 0 Å². The van der Waals surface area contributed by atoms with Crippen molar-refractivity contribution in [3.8, 4) is 0 Å². The highest BCUT2D eigenvalue weighted by Gasteiger charge is 2.26. The van der Waals surface area contributed by atoms with Crippen LogP contribution in [0.5, 0.6) is 0 Å². The summed E-state index contributed by atoms with van der Waals surface area (Å²) in [6, 6.07) is 0.727. The number of hydrogen-bond acceptors (Lipinski definition) is 2. The quantitative estimate of drug-likeness (QED) is 0.723. The Labute approximate surface area is 88.8 Å². The first kappa shape index (κ1) is 12.0. The average Bonchev–Trinajstić information content (AvgIpc) is 2.01. The van der Waals surface area contributed by atoms with Crippen molar-refractivity contribution >= 4 is 0 Å². The van der Waals surface area contributed by atoms with Crippen LogP contribution in [0.2, 0.25) is 0 Å². The van der Waals surface area contributed by atoms with Gasteiger partial charge in [-0.3, -0.25) is 0 Å². The van der Waals surface area contributed by atoms with Gasteiger partial charge in [0.25, 0.3) is 0 Å². The van der Waals surface area contributed by atoms with Crippen molar-refractivity contribution in [3.63, 3.8) is 0 Å². The maximum absolute atomic E-state index is 3.67. The summed E-state index contributed by atoms with van der Waals surface area (Å²) in [4.78, 5) is 0. The van der Waals surface area contributed by atoms with Crippen LogP contribution in [0.4, 0.5) is 0 Å². The molecule has 0 aromatic carbocycles. The molecule has 1 aliphatic heterocycles. The molecule has 2 nitrogen and oxygen atoms in total. The summed E-state index contributed by atoms with van der Waals surface area (Å²) in [6.07, 6.45) is 3.83. The molecular weight excluding hydrogens is 172 g/mol. The Hall–Kier alpha value is -0.0800. The van der Waals surface area contributed by atoms with Crippen molar-refractivity contribution in [2.24, 2.45) is 5.92 Å². The van der Waals surface area contributed by atoms with Gasteiger partial charge in [0.1, 0.15) is 0 Å². The first-order chi connectivity index (χ1) is 6.49. The van der Waals surface area contributed by atoms with Crippen molar-refractivity contribution in [1.29, 1.82) is 0 Å². The summed E-state index contributed by atoms with van der Waals surface area (Å²) in [5.74, 6) is 0.817. The topological polar surface area (TPSA) is 24.1 Å². The van der Waals surface area contributed by atoms with Gasteiger partial charge in [-0.05, 0) is 52.1 Å². The molecular formula is C12H26N2. The third-order valence-electron chi connectivity index (χ3n) is 3.01. The maximum Gasteiger partial charge on any atom is 0.0139 e. The highest BCUT2D eigenvalue weighted by Crippen LogP contribution is 2.18. The molecule has 1 saturated heterocycles. The molecule has 0 aromatic heterocycles. The molecule has 84 valence electrons. The van der Waals surface area contributed by atoms with Crippen LogP contribution in [0.1, 0.15) is 47.0 Å². The van der Waals surface area contributed by atoms with E-state index in [1.807, 2.05) is 0 Å². The molecule has 0 spiro atoms. The third kappa shape index (κ3) is 4.43. The second-order valence-corrected chi connectivity index (χ2v) is 5.64. The Balaban J connectivity index is 2.18. The molecule has 0 bridgehead atoms. The molecule has 0 aliphatic carbocycles. The summed E-state index contributed by atoms with van der Waals surface area (Å²) in [7, 11) is 0. The standard InChI is InChI=1S/C12H26N2/c1-10(2)5-7-13-11-6-8-14-12(3,4)9-11/h10-11,13-14H,5-9H2,1-4H3. The van der Waals surface area contributed by atoms with Crippen molar-refractivity contribution < 1.29 is 0 Å². The summed E-state index contributed by atoms with van der Waals surface area (Å²) in [5.41, 5.74) is 0.327. The van der Waals surface area contributed by atoms with Crippen LogP contribution in [-0.4, -0.2) is 24.7 Å². The molecule has 14 heavy (non-hydrogen) atoms. The van der Waals surface area contributed by atoms with E-state index < -0.39 is 0 Å². The zero-order chi connectivity index (χ0) is 10.6. The molecule has 0 radical (unpaired) electrons. The van der Waals surface area contributed by atoms with Gasteiger partial charge in [-0.2, -0.15) is 0 Å². The third-order valence-corrected chi connectivity index (χ3v) is 3.01. The zero-order valence-electron chi connectivity index (χ0n) is 10.2. The van der Waals surface area contributed by atoms with Gasteiger partial charge < -0.3 is 10.6 Å². The van der Waals surface area contributed by atoms with Crippen molar-refractivity contribution in [3.05, 3.63) is 0 Å². The lowest BCUT2D eigenvalue weighted by molar-refractivity contribution is 0.246. The smallest absolute Gasteiger partial charge is 0.0139 e. The average molecular weight is 198 g/mol. The highest BCUT2D eigenvalue weighted by molar-refractivity contribution is 4.89. The van der Waals surface area contributed by atoms with E-state index in [9.17, 15) is 0 Å². The SMILES string of the molecule is CC(C)CCNC1CCNC(C)(C)C1. The van der Waals surface area contributed by atoms with E-state index in [0.717, 1.165) is 18.5 Å². The number of piperidine rings is 1. The lowest BCUT2D eigenvalue weighted by Gasteiger charge is -2.37. The van der Waals surface area contributed by atoms with Gasteiger partial charge >= 0.3 is 0 Å². The van der Waals surface area contributed by atoms with Gasteiger partial charge in [-0.1, -0.05) is 13.8 Å². The molecule has 2 heteroatoms. The van der Waals surface area contributed by atoms with Gasteiger partial charge in [-0.25, -0.2) is 0 Å². The Morgan fingerprint density at radius 2 is 2.14 bits per heavy atom. The largest absolute Gasteiger partial charge is 0.314 e. The van der Waals surface area contributed by atoms with Gasteiger partial charge in [0.05, 0.1) is 0 Å². The van der Waals surface area contributed by atoms with Crippen LogP contribution in [0, 0.1) is 5.92 Å². The number of nitrogens with one attached hydrogen (secondary N) is 2. The lowest BCUT2D eigenvalue weighted by Crippen LogP contribution is -2.52. The Morgan fingerprint density at radius 3 is 2.71 bits per heavy atom. The minimum atomic E-state index is 0.327. The van der Waals surface area contributed by atoms with E-state index in [1.165, 1.54) is 25.8 Å². The second kappa shape index (κ2) is 5.13. The molecule has 0 amide bonds. The van der Waals surface area contributed by atoms with E-state index in [1.54, 1.807) is 0 Å². The fourth-order valence-corrected chi connectivity index (χ4v) is 2.13. The first-order valence-electron chi connectivity index (χ1n) is 5.98.